The Labute approximate surface area is 216 Å². The van der Waals surface area contributed by atoms with Crippen molar-refractivity contribution in [3.8, 4) is 5.75 Å². The molecule has 0 saturated heterocycles. The number of nitrogens with zero attached hydrogens (tertiary/aromatic N) is 3. The number of carbonyl (C=O) groups excluding carboxylic acids is 1. The first-order chi connectivity index (χ1) is 17.6. The Bertz CT molecular complexity index is 1560. The van der Waals surface area contributed by atoms with Crippen molar-refractivity contribution in [3.05, 3.63) is 66.7 Å². The molecule has 0 aliphatic rings. The van der Waals surface area contributed by atoms with E-state index >= 15 is 0 Å². The van der Waals surface area contributed by atoms with Gasteiger partial charge in [0.15, 0.2) is 11.6 Å². The highest BCUT2D eigenvalue weighted by Gasteiger charge is 2.20. The van der Waals surface area contributed by atoms with Gasteiger partial charge in [-0.15, -0.1) is 0 Å². The largest absolute Gasteiger partial charge is 0.497 e. The minimum Gasteiger partial charge on any atom is -0.497 e. The summed E-state index contributed by atoms with van der Waals surface area (Å²) in [6.07, 6.45) is 0. The highest BCUT2D eigenvalue weighted by Crippen LogP contribution is 2.28. The summed E-state index contributed by atoms with van der Waals surface area (Å²) in [6.45, 7) is 0.167. The third-order valence-corrected chi connectivity index (χ3v) is 6.72. The zero-order valence-corrected chi connectivity index (χ0v) is 21.8. The van der Waals surface area contributed by atoms with Crippen LogP contribution in [0.1, 0.15) is 0 Å². The molecule has 3 aromatic carbocycles. The van der Waals surface area contributed by atoms with Crippen LogP contribution in [0.3, 0.4) is 0 Å². The Morgan fingerprint density at radius 1 is 0.973 bits per heavy atom. The molecule has 1 heterocycles. The molecule has 0 spiro atoms. The second-order valence-electron chi connectivity index (χ2n) is 8.63. The van der Waals surface area contributed by atoms with Gasteiger partial charge in [-0.2, -0.15) is 0 Å². The number of anilines is 4. The van der Waals surface area contributed by atoms with Crippen LogP contribution >= 0.6 is 0 Å². The van der Waals surface area contributed by atoms with E-state index in [9.17, 15) is 13.2 Å². The highest BCUT2D eigenvalue weighted by atomic mass is 32.2. The van der Waals surface area contributed by atoms with Crippen LogP contribution in [0, 0.1) is 0 Å². The molecule has 0 unspecified atom stereocenters. The van der Waals surface area contributed by atoms with Gasteiger partial charge in [-0.1, -0.05) is 29.7 Å². The van der Waals surface area contributed by atoms with Crippen LogP contribution < -0.4 is 25.6 Å². The summed E-state index contributed by atoms with van der Waals surface area (Å²) in [7, 11) is 2.95. The zero-order chi connectivity index (χ0) is 26.6. The second-order valence-corrected chi connectivity index (χ2v) is 10.3. The third kappa shape index (κ3) is 6.35. The normalized spacial score (nSPS) is 11.4. The monoisotopic (exact) mass is 518 g/mol. The molecule has 0 aliphatic heterocycles. The quantitative estimate of drug-likeness (QED) is 0.287. The number of carbonyl (C=O) groups is 1. The number of benzene rings is 3. The molecular formula is C25H27BN6O4S. The van der Waals surface area contributed by atoms with Gasteiger partial charge < -0.3 is 20.3 Å². The van der Waals surface area contributed by atoms with Crippen LogP contribution in [0.4, 0.5) is 23.0 Å². The van der Waals surface area contributed by atoms with Crippen LogP contribution in [0.25, 0.3) is 11.0 Å². The van der Waals surface area contributed by atoms with Gasteiger partial charge in [0.25, 0.3) is 10.0 Å². The summed E-state index contributed by atoms with van der Waals surface area (Å²) < 4.78 is 34.6. The van der Waals surface area contributed by atoms with E-state index in [2.05, 4.69) is 25.3 Å². The molecule has 0 saturated carbocycles. The number of methoxy groups -OCH3 is 1. The van der Waals surface area contributed by atoms with E-state index in [1.807, 2.05) is 26.0 Å². The van der Waals surface area contributed by atoms with Crippen molar-refractivity contribution in [2.75, 3.05) is 43.1 Å². The number of aromatic nitrogens is 2. The average Bonchev–Trinajstić information content (AvgIpc) is 2.85. The Balaban J connectivity index is 1.70. The Morgan fingerprint density at radius 2 is 1.68 bits per heavy atom. The molecule has 0 radical (unpaired) electrons. The predicted octanol–water partition coefficient (Wildman–Crippen LogP) is 1.94. The fourth-order valence-electron chi connectivity index (χ4n) is 3.56. The van der Waals surface area contributed by atoms with E-state index in [-0.39, 0.29) is 29.0 Å². The van der Waals surface area contributed by atoms with Crippen LogP contribution in [0.5, 0.6) is 5.75 Å². The van der Waals surface area contributed by atoms with Gasteiger partial charge >= 0.3 is 0 Å². The lowest BCUT2D eigenvalue weighted by Gasteiger charge is -2.16. The summed E-state index contributed by atoms with van der Waals surface area (Å²) >= 11 is 0. The fraction of sp³-hybridized carbons (Fsp3) is 0.160. The minimum atomic E-state index is -4.08. The fourth-order valence-corrected chi connectivity index (χ4v) is 4.62. The average molecular weight is 518 g/mol. The van der Waals surface area contributed by atoms with Crippen LogP contribution in [-0.2, 0) is 14.8 Å². The maximum Gasteiger partial charge on any atom is 0.263 e. The summed E-state index contributed by atoms with van der Waals surface area (Å²) in [5.74, 6) is 0.641. The number of nitrogens with one attached hydrogen (secondary N) is 3. The summed E-state index contributed by atoms with van der Waals surface area (Å²) in [6, 6.07) is 18.7. The lowest BCUT2D eigenvalue weighted by atomic mass is 9.94. The van der Waals surface area contributed by atoms with E-state index in [1.165, 1.54) is 12.1 Å². The molecule has 190 valence electrons. The van der Waals surface area contributed by atoms with Crippen LogP contribution in [0.15, 0.2) is 71.6 Å². The third-order valence-electron chi connectivity index (χ3n) is 5.39. The number of amides is 1. The molecule has 12 heteroatoms. The Hall–Kier alpha value is -4.16. The number of rotatable bonds is 9. The van der Waals surface area contributed by atoms with Gasteiger partial charge in [-0.05, 0) is 50.5 Å². The lowest BCUT2D eigenvalue weighted by Crippen LogP contribution is -2.27. The van der Waals surface area contributed by atoms with Gasteiger partial charge in [0.2, 0.25) is 5.91 Å². The molecule has 0 atom stereocenters. The molecule has 1 aromatic heterocycles. The molecular weight excluding hydrogens is 491 g/mol. The number of hydrogen-bond acceptors (Lipinski definition) is 8. The molecule has 4 aromatic rings. The van der Waals surface area contributed by atoms with E-state index in [4.69, 9.17) is 4.74 Å². The van der Waals surface area contributed by atoms with Gasteiger partial charge in [0.05, 0.1) is 29.6 Å². The topological polar surface area (TPSA) is 126 Å². The summed E-state index contributed by atoms with van der Waals surface area (Å²) in [4.78, 5) is 23.0. The van der Waals surface area contributed by atoms with E-state index in [0.29, 0.717) is 28.2 Å². The van der Waals surface area contributed by atoms with Crippen molar-refractivity contribution in [3.63, 3.8) is 0 Å². The Morgan fingerprint density at radius 3 is 2.35 bits per heavy atom. The van der Waals surface area contributed by atoms with Gasteiger partial charge in [0, 0.05) is 17.4 Å². The maximum atomic E-state index is 13.4. The van der Waals surface area contributed by atoms with Crippen molar-refractivity contribution in [2.45, 2.75) is 4.90 Å². The number of fused-ring (bicyclic) bond motifs is 1. The number of likely N-dealkylation sites (N-methyl/N-ethyl adjacent to an activating group) is 1. The zero-order valence-electron chi connectivity index (χ0n) is 20.9. The van der Waals surface area contributed by atoms with Crippen molar-refractivity contribution in [1.29, 1.82) is 0 Å². The van der Waals surface area contributed by atoms with Crippen molar-refractivity contribution < 1.29 is 17.9 Å². The lowest BCUT2D eigenvalue weighted by molar-refractivity contribution is -0.116. The second kappa shape index (κ2) is 10.8. The standard InChI is InChI=1S/C25H27BN6O4S/c1-32(2)15-23(33)27-16-7-6-8-18(13-16)37(34,35)31-25-24(28-20-9-4-5-10-21(20)29-25)30-22-14-17(36-3)11-12-19(22)26/h4-14H,15,26H2,1-3H3,(H,27,33)(H,28,30)(H,29,31). The molecule has 1 amide bonds. The van der Waals surface area contributed by atoms with Crippen molar-refractivity contribution >= 4 is 63.3 Å². The molecule has 3 N–H and O–H groups in total. The number of para-hydroxylation sites is 2. The molecule has 10 nitrogen and oxygen atoms in total. The van der Waals surface area contributed by atoms with Crippen LogP contribution in [-0.4, -0.2) is 64.8 Å². The number of sulfonamides is 1. The summed E-state index contributed by atoms with van der Waals surface area (Å²) in [5.41, 5.74) is 3.09. The molecule has 4 rings (SSSR count). The molecule has 0 bridgehead atoms. The SMILES string of the molecule is Bc1ccc(OC)cc1Nc1nc2ccccc2nc1NS(=O)(=O)c1cccc(NC(=O)CN(C)C)c1. The first-order valence-corrected chi connectivity index (χ1v) is 12.9. The Kier molecular flexibility index (Phi) is 7.60. The van der Waals surface area contributed by atoms with Gasteiger partial charge in [-0.25, -0.2) is 18.4 Å². The van der Waals surface area contributed by atoms with E-state index in [0.717, 1.165) is 5.46 Å². The first-order valence-electron chi connectivity index (χ1n) is 11.4. The summed E-state index contributed by atoms with van der Waals surface area (Å²) in [5, 5.41) is 5.91. The number of ether oxygens (including phenoxy) is 1. The van der Waals surface area contributed by atoms with Crippen molar-refractivity contribution in [2.24, 2.45) is 0 Å². The molecule has 0 fully saturated rings. The van der Waals surface area contributed by atoms with Gasteiger partial charge in [-0.3, -0.25) is 9.52 Å². The molecule has 37 heavy (non-hydrogen) atoms. The van der Waals surface area contributed by atoms with E-state index in [1.54, 1.807) is 62.5 Å². The number of hydrogen-bond donors (Lipinski definition) is 3. The predicted molar refractivity (Wildman–Crippen MR) is 148 cm³/mol. The maximum absolute atomic E-state index is 13.4. The van der Waals surface area contributed by atoms with Crippen molar-refractivity contribution in [1.82, 2.24) is 14.9 Å². The first kappa shape index (κ1) is 25.9. The minimum absolute atomic E-state index is 0.0305. The van der Waals surface area contributed by atoms with E-state index < -0.39 is 10.0 Å². The highest BCUT2D eigenvalue weighted by molar-refractivity contribution is 7.92. The van der Waals surface area contributed by atoms with Crippen LogP contribution in [0.2, 0.25) is 0 Å². The molecule has 0 aliphatic carbocycles. The van der Waals surface area contributed by atoms with Gasteiger partial charge in [0.1, 0.15) is 13.6 Å². The smallest absolute Gasteiger partial charge is 0.263 e.